The lowest BCUT2D eigenvalue weighted by Crippen LogP contribution is -2.49. The van der Waals surface area contributed by atoms with E-state index in [1.807, 2.05) is 43.0 Å². The first-order chi connectivity index (χ1) is 14.3. The normalized spacial score (nSPS) is 13.9. The van der Waals surface area contributed by atoms with Crippen molar-refractivity contribution in [2.24, 2.45) is 5.92 Å². The van der Waals surface area contributed by atoms with Gasteiger partial charge in [-0.2, -0.15) is 0 Å². The smallest absolute Gasteiger partial charge is 0.257 e. The molecule has 0 saturated carbocycles. The Morgan fingerprint density at radius 1 is 0.967 bits per heavy atom. The van der Waals surface area contributed by atoms with Crippen molar-refractivity contribution in [1.82, 2.24) is 10.2 Å². The van der Waals surface area contributed by atoms with Gasteiger partial charge < -0.3 is 15.1 Å². The predicted molar refractivity (Wildman–Crippen MR) is 120 cm³/mol. The SMILES string of the molecule is CC(C)C(=O)N1CCN(c2ccc(NC(=S)NC(=O)c3ccc(F)cc3)cc2)CC1. The zero-order chi connectivity index (χ0) is 21.7. The molecule has 2 N–H and O–H groups in total. The third-order valence-electron chi connectivity index (χ3n) is 4.91. The summed E-state index contributed by atoms with van der Waals surface area (Å²) in [6.07, 6.45) is 0. The van der Waals surface area contributed by atoms with E-state index < -0.39 is 11.7 Å². The number of carbonyl (C=O) groups excluding carboxylic acids is 2. The molecule has 6 nitrogen and oxygen atoms in total. The molecule has 0 aromatic heterocycles. The fourth-order valence-electron chi connectivity index (χ4n) is 3.24. The van der Waals surface area contributed by atoms with Crippen LogP contribution >= 0.6 is 12.2 Å². The summed E-state index contributed by atoms with van der Waals surface area (Å²) in [4.78, 5) is 28.4. The Morgan fingerprint density at radius 3 is 2.13 bits per heavy atom. The number of thiocarbonyl (C=S) groups is 1. The van der Waals surface area contributed by atoms with Crippen LogP contribution in [-0.4, -0.2) is 48.0 Å². The molecule has 3 rings (SSSR count). The van der Waals surface area contributed by atoms with Crippen molar-refractivity contribution in [1.29, 1.82) is 0 Å². The molecule has 1 aliphatic rings. The van der Waals surface area contributed by atoms with Gasteiger partial charge in [-0.3, -0.25) is 14.9 Å². The van der Waals surface area contributed by atoms with Crippen molar-refractivity contribution in [2.45, 2.75) is 13.8 Å². The second-order valence-electron chi connectivity index (χ2n) is 7.43. The topological polar surface area (TPSA) is 64.7 Å². The third kappa shape index (κ3) is 5.54. The van der Waals surface area contributed by atoms with Crippen molar-refractivity contribution < 1.29 is 14.0 Å². The first-order valence-electron chi connectivity index (χ1n) is 9.85. The van der Waals surface area contributed by atoms with Crippen LogP contribution in [0.4, 0.5) is 15.8 Å². The van der Waals surface area contributed by atoms with Gasteiger partial charge >= 0.3 is 0 Å². The van der Waals surface area contributed by atoms with Crippen LogP contribution in [0, 0.1) is 11.7 Å². The van der Waals surface area contributed by atoms with E-state index in [-0.39, 0.29) is 16.9 Å². The van der Waals surface area contributed by atoms with Gasteiger partial charge in [0.15, 0.2) is 5.11 Å². The molecule has 0 spiro atoms. The highest BCUT2D eigenvalue weighted by Crippen LogP contribution is 2.20. The molecule has 1 fully saturated rings. The number of nitrogens with one attached hydrogen (secondary N) is 2. The molecule has 1 aliphatic heterocycles. The number of piperazine rings is 1. The predicted octanol–water partition coefficient (Wildman–Crippen LogP) is 3.26. The van der Waals surface area contributed by atoms with Crippen molar-refractivity contribution in [3.05, 3.63) is 59.9 Å². The molecule has 2 amide bonds. The number of hydrogen-bond donors (Lipinski definition) is 2. The van der Waals surface area contributed by atoms with Crippen molar-refractivity contribution >= 4 is 40.5 Å². The molecule has 0 radical (unpaired) electrons. The second-order valence-corrected chi connectivity index (χ2v) is 7.84. The summed E-state index contributed by atoms with van der Waals surface area (Å²) < 4.78 is 13.0. The van der Waals surface area contributed by atoms with Crippen LogP contribution in [0.3, 0.4) is 0 Å². The Balaban J connectivity index is 1.51. The molecular weight excluding hydrogens is 403 g/mol. The number of carbonyl (C=O) groups is 2. The minimum absolute atomic E-state index is 0.0225. The third-order valence-corrected chi connectivity index (χ3v) is 5.11. The average Bonchev–Trinajstić information content (AvgIpc) is 2.74. The fraction of sp³-hybridized carbons (Fsp3) is 0.318. The van der Waals surface area contributed by atoms with Crippen LogP contribution in [0.5, 0.6) is 0 Å². The van der Waals surface area contributed by atoms with Crippen molar-refractivity contribution in [2.75, 3.05) is 36.4 Å². The maximum absolute atomic E-state index is 13.0. The number of amides is 2. The summed E-state index contributed by atoms with van der Waals surface area (Å²) in [6, 6.07) is 13.0. The van der Waals surface area contributed by atoms with E-state index in [0.29, 0.717) is 5.56 Å². The number of hydrogen-bond acceptors (Lipinski definition) is 4. The highest BCUT2D eigenvalue weighted by atomic mass is 32.1. The van der Waals surface area contributed by atoms with E-state index in [1.54, 1.807) is 0 Å². The summed E-state index contributed by atoms with van der Waals surface area (Å²) >= 11 is 5.19. The van der Waals surface area contributed by atoms with Gasteiger partial charge in [-0.05, 0) is 60.7 Å². The Labute approximate surface area is 181 Å². The second kappa shape index (κ2) is 9.67. The molecule has 2 aromatic rings. The minimum atomic E-state index is -0.405. The summed E-state index contributed by atoms with van der Waals surface area (Å²) in [5, 5.41) is 5.71. The fourth-order valence-corrected chi connectivity index (χ4v) is 3.46. The van der Waals surface area contributed by atoms with E-state index in [1.165, 1.54) is 24.3 Å². The van der Waals surface area contributed by atoms with Gasteiger partial charge in [0.2, 0.25) is 5.91 Å². The Kier molecular flexibility index (Phi) is 6.99. The van der Waals surface area contributed by atoms with Crippen LogP contribution in [0.15, 0.2) is 48.5 Å². The van der Waals surface area contributed by atoms with Crippen LogP contribution in [0.1, 0.15) is 24.2 Å². The number of rotatable bonds is 4. The quantitative estimate of drug-likeness (QED) is 0.732. The molecular formula is C22H25FN4O2S. The summed E-state index contributed by atoms with van der Waals surface area (Å²) in [5.74, 6) is -0.585. The zero-order valence-electron chi connectivity index (χ0n) is 17.0. The first kappa shape index (κ1) is 21.7. The Morgan fingerprint density at radius 2 is 1.57 bits per heavy atom. The maximum Gasteiger partial charge on any atom is 0.257 e. The highest BCUT2D eigenvalue weighted by Gasteiger charge is 2.22. The molecule has 0 atom stereocenters. The molecule has 0 unspecified atom stereocenters. The summed E-state index contributed by atoms with van der Waals surface area (Å²) in [7, 11) is 0. The molecule has 2 aromatic carbocycles. The maximum atomic E-state index is 13.0. The van der Waals surface area contributed by atoms with Gasteiger partial charge in [0.25, 0.3) is 5.91 Å². The summed E-state index contributed by atoms with van der Waals surface area (Å²) in [6.45, 7) is 6.86. The van der Waals surface area contributed by atoms with Gasteiger partial charge in [-0.1, -0.05) is 13.8 Å². The van der Waals surface area contributed by atoms with Gasteiger partial charge in [0.05, 0.1) is 0 Å². The Hall–Kier alpha value is -3.00. The first-order valence-corrected chi connectivity index (χ1v) is 10.3. The lowest BCUT2D eigenvalue weighted by Gasteiger charge is -2.37. The molecule has 8 heteroatoms. The van der Waals surface area contributed by atoms with Crippen LogP contribution < -0.4 is 15.5 Å². The lowest BCUT2D eigenvalue weighted by molar-refractivity contribution is -0.134. The van der Waals surface area contributed by atoms with Crippen LogP contribution in [-0.2, 0) is 4.79 Å². The van der Waals surface area contributed by atoms with E-state index in [9.17, 15) is 14.0 Å². The van der Waals surface area contributed by atoms with Crippen molar-refractivity contribution in [3.63, 3.8) is 0 Å². The minimum Gasteiger partial charge on any atom is -0.368 e. The number of nitrogens with zero attached hydrogens (tertiary/aromatic N) is 2. The van der Waals surface area contributed by atoms with Gasteiger partial charge in [0.1, 0.15) is 5.82 Å². The number of halogens is 1. The van der Waals surface area contributed by atoms with Crippen LogP contribution in [0.2, 0.25) is 0 Å². The number of benzene rings is 2. The highest BCUT2D eigenvalue weighted by molar-refractivity contribution is 7.80. The van der Waals surface area contributed by atoms with E-state index >= 15 is 0 Å². The molecule has 0 aliphatic carbocycles. The molecule has 1 heterocycles. The largest absolute Gasteiger partial charge is 0.368 e. The van der Waals surface area contributed by atoms with E-state index in [0.717, 1.165) is 37.6 Å². The standard InChI is InChI=1S/C22H25FN4O2S/c1-15(2)21(29)27-13-11-26(12-14-27)19-9-7-18(8-10-19)24-22(30)25-20(28)16-3-5-17(23)6-4-16/h3-10,15H,11-14H2,1-2H3,(H2,24,25,28,30). The van der Waals surface area contributed by atoms with Crippen LogP contribution in [0.25, 0.3) is 0 Å². The average molecular weight is 429 g/mol. The van der Waals surface area contributed by atoms with Gasteiger partial charge in [-0.25, -0.2) is 4.39 Å². The zero-order valence-corrected chi connectivity index (χ0v) is 17.8. The number of anilines is 2. The molecule has 30 heavy (non-hydrogen) atoms. The molecule has 0 bridgehead atoms. The summed E-state index contributed by atoms with van der Waals surface area (Å²) in [5.41, 5.74) is 2.14. The Bertz CT molecular complexity index is 908. The molecule has 158 valence electrons. The van der Waals surface area contributed by atoms with E-state index in [4.69, 9.17) is 12.2 Å². The van der Waals surface area contributed by atoms with Gasteiger partial charge in [0, 0.05) is 49.0 Å². The van der Waals surface area contributed by atoms with Crippen molar-refractivity contribution in [3.8, 4) is 0 Å². The van der Waals surface area contributed by atoms with E-state index in [2.05, 4.69) is 15.5 Å². The molecule has 1 saturated heterocycles. The van der Waals surface area contributed by atoms with Gasteiger partial charge in [-0.15, -0.1) is 0 Å². The lowest BCUT2D eigenvalue weighted by atomic mass is 10.1. The monoisotopic (exact) mass is 428 g/mol.